The van der Waals surface area contributed by atoms with E-state index >= 15 is 0 Å². The molecule has 0 amide bonds. The minimum Gasteiger partial charge on any atom is -0.325 e. The molecule has 3 N–H and O–H groups in total. The third kappa shape index (κ3) is 1.84. The first-order chi connectivity index (χ1) is 3.72. The zero-order valence-electron chi connectivity index (χ0n) is 5.23. The van der Waals surface area contributed by atoms with E-state index in [0.717, 1.165) is 0 Å². The van der Waals surface area contributed by atoms with Crippen molar-refractivity contribution in [1.82, 2.24) is 0 Å². The number of hydrogen-bond donors (Lipinski definition) is 2. The van der Waals surface area contributed by atoms with Gasteiger partial charge in [-0.15, -0.1) is 0 Å². The average molecular weight is 113 g/mol. The van der Waals surface area contributed by atoms with E-state index in [4.69, 9.17) is 11.1 Å². The van der Waals surface area contributed by atoms with Gasteiger partial charge in [0.25, 0.3) is 0 Å². The second-order valence-electron chi connectivity index (χ2n) is 1.49. The Bertz CT molecular complexity index is 115. The summed E-state index contributed by atoms with van der Waals surface area (Å²) in [7, 11) is 1.65. The number of nitrogens with one attached hydrogen (secondary N) is 1. The summed E-state index contributed by atoms with van der Waals surface area (Å²) in [5, 5.41) is 7.09. The van der Waals surface area contributed by atoms with Gasteiger partial charge in [0.2, 0.25) is 0 Å². The lowest BCUT2D eigenvalue weighted by molar-refractivity contribution is 1.28. The highest BCUT2D eigenvalue weighted by molar-refractivity contribution is 6.40. The highest BCUT2D eigenvalue weighted by atomic mass is 14.7. The maximum atomic E-state index is 7.09. The summed E-state index contributed by atoms with van der Waals surface area (Å²) in [6.07, 6.45) is 0. The molecule has 46 valence electrons. The van der Waals surface area contributed by atoms with Gasteiger partial charge < -0.3 is 11.1 Å². The van der Waals surface area contributed by atoms with Crippen LogP contribution in [0.1, 0.15) is 6.92 Å². The molecule has 0 aromatic heterocycles. The Morgan fingerprint density at radius 1 is 1.75 bits per heavy atom. The summed E-state index contributed by atoms with van der Waals surface area (Å²) in [6, 6.07) is 0. The first-order valence-corrected chi connectivity index (χ1v) is 2.43. The van der Waals surface area contributed by atoms with Crippen LogP contribution in [0.4, 0.5) is 0 Å². The van der Waals surface area contributed by atoms with E-state index in [2.05, 4.69) is 4.99 Å². The van der Waals surface area contributed by atoms with Crippen molar-refractivity contribution < 1.29 is 0 Å². The van der Waals surface area contributed by atoms with E-state index in [9.17, 15) is 0 Å². The molecule has 0 rings (SSSR count). The zero-order chi connectivity index (χ0) is 6.57. The van der Waals surface area contributed by atoms with Crippen LogP contribution >= 0.6 is 0 Å². The summed E-state index contributed by atoms with van der Waals surface area (Å²) in [6.45, 7) is 2.05. The Morgan fingerprint density at radius 3 is 2.38 bits per heavy atom. The lowest BCUT2D eigenvalue weighted by Gasteiger charge is -1.94. The fraction of sp³-hybridized carbons (Fsp3) is 0.600. The monoisotopic (exact) mass is 113 g/mol. The van der Waals surface area contributed by atoms with E-state index in [-0.39, 0.29) is 6.54 Å². The zero-order valence-corrected chi connectivity index (χ0v) is 5.23. The van der Waals surface area contributed by atoms with Gasteiger partial charge in [-0.25, -0.2) is 0 Å². The van der Waals surface area contributed by atoms with Crippen LogP contribution in [-0.4, -0.2) is 25.0 Å². The molecule has 0 saturated carbocycles. The molecule has 0 aliphatic heterocycles. The predicted molar refractivity (Wildman–Crippen MR) is 35.8 cm³/mol. The van der Waals surface area contributed by atoms with Gasteiger partial charge >= 0.3 is 0 Å². The number of nitrogens with zero attached hydrogens (tertiary/aromatic N) is 1. The van der Waals surface area contributed by atoms with Crippen molar-refractivity contribution >= 4 is 11.4 Å². The van der Waals surface area contributed by atoms with E-state index < -0.39 is 0 Å². The molecule has 0 radical (unpaired) electrons. The Labute approximate surface area is 49.1 Å². The standard InChI is InChI=1S/C5H11N3/c1-4(8-2)5(7)3-6/h7H,3,6H2,1-2H3. The molecule has 3 nitrogen and oxygen atoms in total. The molecule has 3 heteroatoms. The molecule has 8 heavy (non-hydrogen) atoms. The third-order valence-electron chi connectivity index (χ3n) is 0.976. The molecule has 0 unspecified atom stereocenters. The van der Waals surface area contributed by atoms with Gasteiger partial charge in [-0.05, 0) is 6.92 Å². The number of nitrogens with two attached hydrogens (primary N) is 1. The number of hydrogen-bond acceptors (Lipinski definition) is 3. The van der Waals surface area contributed by atoms with E-state index in [1.165, 1.54) is 0 Å². The van der Waals surface area contributed by atoms with E-state index in [1.807, 2.05) is 0 Å². The van der Waals surface area contributed by atoms with Crippen LogP contribution in [0.5, 0.6) is 0 Å². The lowest BCUT2D eigenvalue weighted by Crippen LogP contribution is -2.19. The number of rotatable bonds is 2. The quantitative estimate of drug-likeness (QED) is 0.488. The van der Waals surface area contributed by atoms with Crippen LogP contribution in [0.25, 0.3) is 0 Å². The Morgan fingerprint density at radius 2 is 2.25 bits per heavy atom. The summed E-state index contributed by atoms with van der Waals surface area (Å²) in [4.78, 5) is 3.77. The van der Waals surface area contributed by atoms with Crippen molar-refractivity contribution in [2.45, 2.75) is 6.92 Å². The maximum Gasteiger partial charge on any atom is 0.0656 e. The van der Waals surface area contributed by atoms with Crippen LogP contribution in [-0.2, 0) is 0 Å². The minimum atomic E-state index is 0.281. The van der Waals surface area contributed by atoms with Crippen molar-refractivity contribution in [3.05, 3.63) is 0 Å². The first kappa shape index (κ1) is 7.30. The molecular formula is C5H11N3. The fourth-order valence-corrected chi connectivity index (χ4v) is 0.283. The maximum absolute atomic E-state index is 7.09. The molecule has 0 spiro atoms. The molecule has 0 aromatic carbocycles. The van der Waals surface area contributed by atoms with Crippen LogP contribution in [0.3, 0.4) is 0 Å². The lowest BCUT2D eigenvalue weighted by atomic mass is 10.2. The average Bonchev–Trinajstić information content (AvgIpc) is 1.84. The summed E-state index contributed by atoms with van der Waals surface area (Å²) >= 11 is 0. The van der Waals surface area contributed by atoms with E-state index in [1.54, 1.807) is 14.0 Å². The second kappa shape index (κ2) is 3.32. The molecule has 0 bridgehead atoms. The topological polar surface area (TPSA) is 62.2 Å². The summed E-state index contributed by atoms with van der Waals surface area (Å²) < 4.78 is 0. The molecule has 0 fully saturated rings. The van der Waals surface area contributed by atoms with Crippen molar-refractivity contribution in [3.8, 4) is 0 Å². The molecule has 0 heterocycles. The SMILES string of the molecule is CN=C(C)C(=N)CN. The Hall–Kier alpha value is -0.700. The molecule has 0 aromatic rings. The van der Waals surface area contributed by atoms with Gasteiger partial charge in [-0.3, -0.25) is 4.99 Å². The highest BCUT2D eigenvalue weighted by Gasteiger charge is 1.93. The second-order valence-corrected chi connectivity index (χ2v) is 1.49. The third-order valence-corrected chi connectivity index (χ3v) is 0.976. The summed E-state index contributed by atoms with van der Waals surface area (Å²) in [5.41, 5.74) is 6.27. The van der Waals surface area contributed by atoms with Gasteiger partial charge in [0.05, 0.1) is 11.4 Å². The largest absolute Gasteiger partial charge is 0.325 e. The smallest absolute Gasteiger partial charge is 0.0656 e. The van der Waals surface area contributed by atoms with Gasteiger partial charge in [-0.2, -0.15) is 0 Å². The van der Waals surface area contributed by atoms with Gasteiger partial charge in [-0.1, -0.05) is 0 Å². The molecule has 0 aliphatic rings. The highest BCUT2D eigenvalue weighted by Crippen LogP contribution is 1.75. The van der Waals surface area contributed by atoms with Gasteiger partial charge in [0.15, 0.2) is 0 Å². The van der Waals surface area contributed by atoms with Crippen LogP contribution < -0.4 is 5.73 Å². The molecule has 0 aliphatic carbocycles. The normalized spacial score (nSPS) is 11.6. The Balaban J connectivity index is 3.83. The first-order valence-electron chi connectivity index (χ1n) is 2.43. The Kier molecular flexibility index (Phi) is 3.03. The van der Waals surface area contributed by atoms with Gasteiger partial charge in [0, 0.05) is 13.6 Å². The molecular weight excluding hydrogens is 102 g/mol. The van der Waals surface area contributed by atoms with Gasteiger partial charge in [0.1, 0.15) is 0 Å². The van der Waals surface area contributed by atoms with Crippen molar-refractivity contribution in [2.75, 3.05) is 13.6 Å². The molecule has 0 atom stereocenters. The molecule has 0 saturated heterocycles. The summed E-state index contributed by atoms with van der Waals surface area (Å²) in [5.74, 6) is 0. The van der Waals surface area contributed by atoms with Crippen molar-refractivity contribution in [1.29, 1.82) is 5.41 Å². The fourth-order valence-electron chi connectivity index (χ4n) is 0.283. The van der Waals surface area contributed by atoms with Crippen LogP contribution in [0.15, 0.2) is 4.99 Å². The van der Waals surface area contributed by atoms with E-state index in [0.29, 0.717) is 11.4 Å². The number of aliphatic imine (C=N–C) groups is 1. The van der Waals surface area contributed by atoms with Crippen molar-refractivity contribution in [2.24, 2.45) is 10.7 Å². The predicted octanol–water partition coefficient (Wildman–Crippen LogP) is 0.0556. The minimum absolute atomic E-state index is 0.281. The van der Waals surface area contributed by atoms with Crippen LogP contribution in [0, 0.1) is 5.41 Å². The van der Waals surface area contributed by atoms with Crippen molar-refractivity contribution in [3.63, 3.8) is 0 Å². The van der Waals surface area contributed by atoms with Crippen LogP contribution in [0.2, 0.25) is 0 Å².